The van der Waals surface area contributed by atoms with Crippen molar-refractivity contribution in [2.24, 2.45) is 0 Å². The predicted molar refractivity (Wildman–Crippen MR) is 140 cm³/mol. The first-order chi connectivity index (χ1) is 18.3. The largest absolute Gasteiger partial charge is 0.454 e. The zero-order valence-corrected chi connectivity index (χ0v) is 20.4. The minimum absolute atomic E-state index is 0.0675. The van der Waals surface area contributed by atoms with Gasteiger partial charge in [-0.25, -0.2) is 4.79 Å². The van der Waals surface area contributed by atoms with E-state index in [0.717, 1.165) is 0 Å². The minimum Gasteiger partial charge on any atom is -0.454 e. The van der Waals surface area contributed by atoms with Gasteiger partial charge >= 0.3 is 11.7 Å². The van der Waals surface area contributed by atoms with Crippen molar-refractivity contribution in [3.63, 3.8) is 0 Å². The highest BCUT2D eigenvalue weighted by Gasteiger charge is 2.19. The standard InChI is InChI=1S/C28H19ClN2O7/c29-23-7-4-8-24(31(35)36)26(23)38-22-15-11-18(12-16-22)25(32)17-37-28(34)20-9-13-21(14-10-20)30-27(33)19-5-2-1-3-6-19/h1-16H,17H2,(H,30,33). The van der Waals surface area contributed by atoms with Gasteiger partial charge in [-0.2, -0.15) is 0 Å². The Hall–Kier alpha value is -5.02. The summed E-state index contributed by atoms with van der Waals surface area (Å²) in [7, 11) is 0. The molecule has 0 radical (unpaired) electrons. The molecule has 1 amide bonds. The summed E-state index contributed by atoms with van der Waals surface area (Å²) in [4.78, 5) is 47.7. The molecule has 0 aliphatic carbocycles. The molecule has 0 saturated carbocycles. The van der Waals surface area contributed by atoms with Crippen molar-refractivity contribution in [3.8, 4) is 11.5 Å². The number of rotatable bonds is 9. The molecule has 0 saturated heterocycles. The maximum atomic E-state index is 12.5. The van der Waals surface area contributed by atoms with Crippen LogP contribution in [0.4, 0.5) is 11.4 Å². The third-order valence-corrected chi connectivity index (χ3v) is 5.59. The highest BCUT2D eigenvalue weighted by Crippen LogP contribution is 2.37. The second-order valence-corrected chi connectivity index (χ2v) is 8.28. The van der Waals surface area contributed by atoms with Crippen LogP contribution < -0.4 is 10.1 Å². The minimum atomic E-state index is -0.703. The number of amides is 1. The van der Waals surface area contributed by atoms with Crippen molar-refractivity contribution in [2.75, 3.05) is 11.9 Å². The number of benzene rings is 4. The lowest BCUT2D eigenvalue weighted by Gasteiger charge is -2.09. The van der Waals surface area contributed by atoms with E-state index in [1.54, 1.807) is 36.4 Å². The Kier molecular flexibility index (Phi) is 8.10. The summed E-state index contributed by atoms with van der Waals surface area (Å²) in [5.41, 5.74) is 1.16. The molecule has 0 heterocycles. The van der Waals surface area contributed by atoms with E-state index in [0.29, 0.717) is 11.3 Å². The van der Waals surface area contributed by atoms with Gasteiger partial charge in [-0.3, -0.25) is 19.7 Å². The SMILES string of the molecule is O=C(COC(=O)c1ccc(NC(=O)c2ccccc2)cc1)c1ccc(Oc2c(Cl)cccc2[N+](=O)[O-])cc1. The van der Waals surface area contributed by atoms with Crippen molar-refractivity contribution in [2.45, 2.75) is 0 Å². The van der Waals surface area contributed by atoms with E-state index in [9.17, 15) is 24.5 Å². The van der Waals surface area contributed by atoms with Crippen molar-refractivity contribution >= 4 is 40.6 Å². The zero-order chi connectivity index (χ0) is 27.1. The molecule has 38 heavy (non-hydrogen) atoms. The van der Waals surface area contributed by atoms with Crippen molar-refractivity contribution in [1.82, 2.24) is 0 Å². The van der Waals surface area contributed by atoms with Gasteiger partial charge in [-0.1, -0.05) is 35.9 Å². The first-order valence-corrected chi connectivity index (χ1v) is 11.6. The summed E-state index contributed by atoms with van der Waals surface area (Å²) in [5, 5.41) is 14.0. The number of para-hydroxylation sites is 1. The van der Waals surface area contributed by atoms with Crippen LogP contribution in [0.3, 0.4) is 0 Å². The topological polar surface area (TPSA) is 125 Å². The lowest BCUT2D eigenvalue weighted by Crippen LogP contribution is -2.15. The number of Topliss-reactive ketones (excluding diaryl/α,β-unsaturated/α-hetero) is 1. The number of anilines is 1. The van der Waals surface area contributed by atoms with E-state index in [1.165, 1.54) is 54.6 Å². The zero-order valence-electron chi connectivity index (χ0n) is 19.6. The Balaban J connectivity index is 1.32. The number of nitrogens with zero attached hydrogens (tertiary/aromatic N) is 1. The number of nitrogens with one attached hydrogen (secondary N) is 1. The summed E-state index contributed by atoms with van der Waals surface area (Å²) < 4.78 is 10.7. The van der Waals surface area contributed by atoms with Crippen LogP contribution in [-0.4, -0.2) is 29.2 Å². The molecule has 10 heteroatoms. The van der Waals surface area contributed by atoms with Crippen LogP contribution in [0.5, 0.6) is 11.5 Å². The van der Waals surface area contributed by atoms with Crippen LogP contribution in [0.1, 0.15) is 31.1 Å². The average Bonchev–Trinajstić information content (AvgIpc) is 2.93. The molecular weight excluding hydrogens is 512 g/mol. The van der Waals surface area contributed by atoms with Gasteiger partial charge in [0.2, 0.25) is 5.75 Å². The molecule has 4 aromatic carbocycles. The molecule has 0 bridgehead atoms. The van der Waals surface area contributed by atoms with Crippen molar-refractivity contribution in [3.05, 3.63) is 129 Å². The number of ether oxygens (including phenoxy) is 2. The number of carbonyl (C=O) groups excluding carboxylic acids is 3. The Morgan fingerprint density at radius 2 is 1.45 bits per heavy atom. The molecule has 0 aliphatic rings. The molecule has 0 unspecified atom stereocenters. The second kappa shape index (κ2) is 11.8. The molecule has 0 atom stereocenters. The molecule has 0 fully saturated rings. The smallest absolute Gasteiger partial charge is 0.338 e. The van der Waals surface area contributed by atoms with Crippen LogP contribution in [0.2, 0.25) is 5.02 Å². The van der Waals surface area contributed by atoms with E-state index in [1.807, 2.05) is 6.07 Å². The van der Waals surface area contributed by atoms with E-state index in [-0.39, 0.29) is 39.2 Å². The van der Waals surface area contributed by atoms with Gasteiger partial charge in [0.25, 0.3) is 5.91 Å². The fraction of sp³-hybridized carbons (Fsp3) is 0.0357. The number of hydrogen-bond acceptors (Lipinski definition) is 7. The predicted octanol–water partition coefficient (Wildman–Crippen LogP) is 6.33. The highest BCUT2D eigenvalue weighted by atomic mass is 35.5. The third kappa shape index (κ3) is 6.40. The molecule has 1 N–H and O–H groups in total. The highest BCUT2D eigenvalue weighted by molar-refractivity contribution is 6.32. The molecule has 0 aliphatic heterocycles. The van der Waals surface area contributed by atoms with Crippen LogP contribution >= 0.6 is 11.6 Å². The first-order valence-electron chi connectivity index (χ1n) is 11.2. The number of nitro groups is 1. The van der Waals surface area contributed by atoms with Crippen molar-refractivity contribution < 1.29 is 28.8 Å². The van der Waals surface area contributed by atoms with Gasteiger partial charge in [-0.15, -0.1) is 0 Å². The van der Waals surface area contributed by atoms with Crippen LogP contribution in [0.25, 0.3) is 0 Å². The number of nitro benzene ring substituents is 1. The number of ketones is 1. The molecule has 4 aromatic rings. The number of carbonyl (C=O) groups is 3. The first kappa shape index (κ1) is 26.1. The average molecular weight is 531 g/mol. The van der Waals surface area contributed by atoms with Gasteiger partial charge in [-0.05, 0) is 66.7 Å². The maximum absolute atomic E-state index is 12.5. The van der Waals surface area contributed by atoms with Gasteiger partial charge in [0.15, 0.2) is 12.4 Å². The summed E-state index contributed by atoms with van der Waals surface area (Å²) in [6.45, 7) is -0.498. The number of esters is 1. The van der Waals surface area contributed by atoms with E-state index in [4.69, 9.17) is 21.1 Å². The van der Waals surface area contributed by atoms with E-state index >= 15 is 0 Å². The van der Waals surface area contributed by atoms with E-state index < -0.39 is 23.3 Å². The Morgan fingerprint density at radius 3 is 2.11 bits per heavy atom. The third-order valence-electron chi connectivity index (χ3n) is 5.29. The van der Waals surface area contributed by atoms with Crippen LogP contribution in [0.15, 0.2) is 97.1 Å². The summed E-state index contributed by atoms with van der Waals surface area (Å²) in [5.74, 6) is -1.33. The molecule has 9 nitrogen and oxygen atoms in total. The normalized spacial score (nSPS) is 10.3. The summed E-state index contributed by atoms with van der Waals surface area (Å²) in [6, 6.07) is 24.7. The summed E-state index contributed by atoms with van der Waals surface area (Å²) in [6.07, 6.45) is 0. The van der Waals surface area contributed by atoms with Crippen LogP contribution in [0, 0.1) is 10.1 Å². The second-order valence-electron chi connectivity index (χ2n) is 7.87. The van der Waals surface area contributed by atoms with Gasteiger partial charge < -0.3 is 14.8 Å². The molecule has 0 aromatic heterocycles. The maximum Gasteiger partial charge on any atom is 0.338 e. The Morgan fingerprint density at radius 1 is 0.789 bits per heavy atom. The monoisotopic (exact) mass is 530 g/mol. The molecule has 190 valence electrons. The van der Waals surface area contributed by atoms with Gasteiger partial charge in [0.1, 0.15) is 5.75 Å². The molecule has 4 rings (SSSR count). The van der Waals surface area contributed by atoms with Gasteiger partial charge in [0.05, 0.1) is 15.5 Å². The lowest BCUT2D eigenvalue weighted by molar-refractivity contribution is -0.385. The lowest BCUT2D eigenvalue weighted by atomic mass is 10.1. The number of halogens is 1. The summed E-state index contributed by atoms with van der Waals surface area (Å²) >= 11 is 6.03. The van der Waals surface area contributed by atoms with Gasteiger partial charge in [0, 0.05) is 22.9 Å². The fourth-order valence-corrected chi connectivity index (χ4v) is 3.56. The van der Waals surface area contributed by atoms with Crippen LogP contribution in [-0.2, 0) is 4.74 Å². The number of hydrogen-bond donors (Lipinski definition) is 1. The molecule has 0 spiro atoms. The quantitative estimate of drug-likeness (QED) is 0.116. The molecular formula is C28H19ClN2O7. The Bertz CT molecular complexity index is 1490. The fourth-order valence-electron chi connectivity index (χ4n) is 3.35. The van der Waals surface area contributed by atoms with Crippen molar-refractivity contribution in [1.29, 1.82) is 0 Å². The van der Waals surface area contributed by atoms with E-state index in [2.05, 4.69) is 5.32 Å². The Labute approximate surface area is 221 Å².